The van der Waals surface area contributed by atoms with Gasteiger partial charge in [-0.15, -0.1) is 11.3 Å². The SMILES string of the molecule is Cc1noc(C)c1CN1CC[C@H](NC(=O)c2cscn2)[C@@H](O)C1. The summed E-state index contributed by atoms with van der Waals surface area (Å²) in [7, 11) is 0. The highest BCUT2D eigenvalue weighted by Crippen LogP contribution is 2.19. The lowest BCUT2D eigenvalue weighted by Gasteiger charge is -2.36. The van der Waals surface area contributed by atoms with Crippen molar-refractivity contribution in [2.45, 2.75) is 39.0 Å². The van der Waals surface area contributed by atoms with Crippen molar-refractivity contribution in [3.8, 4) is 0 Å². The minimum absolute atomic E-state index is 0.227. The molecule has 0 radical (unpaired) electrons. The summed E-state index contributed by atoms with van der Waals surface area (Å²) in [4.78, 5) is 18.2. The van der Waals surface area contributed by atoms with Crippen LogP contribution in [0.25, 0.3) is 0 Å². The van der Waals surface area contributed by atoms with Crippen LogP contribution in [0.2, 0.25) is 0 Å². The van der Waals surface area contributed by atoms with E-state index in [4.69, 9.17) is 4.52 Å². The molecule has 124 valence electrons. The van der Waals surface area contributed by atoms with Gasteiger partial charge in [0.25, 0.3) is 5.91 Å². The Kier molecular flexibility index (Phi) is 4.74. The van der Waals surface area contributed by atoms with E-state index in [1.165, 1.54) is 11.3 Å². The number of thiazole rings is 1. The fraction of sp³-hybridized carbons (Fsp3) is 0.533. The number of aliphatic hydroxyl groups is 1. The van der Waals surface area contributed by atoms with Gasteiger partial charge in [0.05, 0.1) is 23.4 Å². The van der Waals surface area contributed by atoms with Crippen molar-refractivity contribution in [1.82, 2.24) is 20.4 Å². The molecular weight excluding hydrogens is 316 g/mol. The van der Waals surface area contributed by atoms with E-state index in [1.54, 1.807) is 10.9 Å². The lowest BCUT2D eigenvalue weighted by molar-refractivity contribution is 0.0346. The maximum absolute atomic E-state index is 12.0. The quantitative estimate of drug-likeness (QED) is 0.869. The molecule has 1 saturated heterocycles. The highest BCUT2D eigenvalue weighted by Gasteiger charge is 2.30. The number of carbonyl (C=O) groups is 1. The molecule has 2 aromatic heterocycles. The second kappa shape index (κ2) is 6.77. The Balaban J connectivity index is 1.56. The van der Waals surface area contributed by atoms with Crippen LogP contribution in [-0.4, -0.2) is 51.3 Å². The first-order chi connectivity index (χ1) is 11.0. The molecule has 2 aromatic rings. The standard InChI is InChI=1S/C15H20N4O3S/c1-9-11(10(2)22-18-9)5-19-4-3-12(14(20)6-19)17-15(21)13-7-23-8-16-13/h7-8,12,14,20H,3-6H2,1-2H3,(H,17,21)/t12-,14-/m0/s1. The van der Waals surface area contributed by atoms with Crippen LogP contribution in [0.5, 0.6) is 0 Å². The van der Waals surface area contributed by atoms with Gasteiger partial charge in [0.1, 0.15) is 11.5 Å². The number of β-amino-alcohol motifs (C(OH)–C–C–N with tert-alkyl or cyclic N) is 1. The molecule has 3 rings (SSSR count). The van der Waals surface area contributed by atoms with Crippen molar-refractivity contribution < 1.29 is 14.4 Å². The zero-order valence-electron chi connectivity index (χ0n) is 13.2. The number of carbonyl (C=O) groups excluding carboxylic acids is 1. The van der Waals surface area contributed by atoms with Gasteiger partial charge in [0, 0.05) is 30.6 Å². The molecule has 0 saturated carbocycles. The Morgan fingerprint density at radius 2 is 2.39 bits per heavy atom. The number of piperidine rings is 1. The first kappa shape index (κ1) is 16.1. The molecule has 7 nitrogen and oxygen atoms in total. The van der Waals surface area contributed by atoms with Gasteiger partial charge in [-0.05, 0) is 20.3 Å². The molecule has 0 aliphatic carbocycles. The fourth-order valence-electron chi connectivity index (χ4n) is 2.83. The van der Waals surface area contributed by atoms with Crippen molar-refractivity contribution in [1.29, 1.82) is 0 Å². The Bertz CT molecular complexity index is 651. The lowest BCUT2D eigenvalue weighted by Crippen LogP contribution is -2.53. The second-order valence-corrected chi connectivity index (χ2v) is 6.57. The maximum Gasteiger partial charge on any atom is 0.271 e. The molecule has 0 unspecified atom stereocenters. The predicted octanol–water partition coefficient (Wildman–Crippen LogP) is 1.11. The number of amides is 1. The average Bonchev–Trinajstić information content (AvgIpc) is 3.15. The van der Waals surface area contributed by atoms with Crippen LogP contribution in [0.4, 0.5) is 0 Å². The summed E-state index contributed by atoms with van der Waals surface area (Å²) in [6.07, 6.45) is 0.0901. The Hall–Kier alpha value is -1.77. The van der Waals surface area contributed by atoms with E-state index in [-0.39, 0.29) is 11.9 Å². The third kappa shape index (κ3) is 3.60. The summed E-state index contributed by atoms with van der Waals surface area (Å²) in [5.74, 6) is 0.588. The van der Waals surface area contributed by atoms with Gasteiger partial charge in [-0.2, -0.15) is 0 Å². The Morgan fingerprint density at radius 3 is 3.00 bits per heavy atom. The molecule has 0 bridgehead atoms. The number of hydrogen-bond donors (Lipinski definition) is 2. The third-order valence-electron chi connectivity index (χ3n) is 4.21. The highest BCUT2D eigenvalue weighted by atomic mass is 32.1. The molecule has 1 aliphatic heterocycles. The van der Waals surface area contributed by atoms with E-state index >= 15 is 0 Å². The minimum atomic E-state index is -0.605. The summed E-state index contributed by atoms with van der Waals surface area (Å²) in [5.41, 5.74) is 3.98. The average molecular weight is 336 g/mol. The van der Waals surface area contributed by atoms with Crippen molar-refractivity contribution in [2.75, 3.05) is 13.1 Å². The molecule has 23 heavy (non-hydrogen) atoms. The Labute approximate surface area is 138 Å². The van der Waals surface area contributed by atoms with Crippen molar-refractivity contribution in [2.24, 2.45) is 0 Å². The summed E-state index contributed by atoms with van der Waals surface area (Å²) < 4.78 is 5.18. The molecule has 1 amide bonds. The van der Waals surface area contributed by atoms with E-state index in [9.17, 15) is 9.90 Å². The van der Waals surface area contributed by atoms with Gasteiger partial charge >= 0.3 is 0 Å². The summed E-state index contributed by atoms with van der Waals surface area (Å²) in [6.45, 7) is 5.82. The number of aliphatic hydroxyl groups excluding tert-OH is 1. The molecular formula is C15H20N4O3S. The number of aromatic nitrogens is 2. The first-order valence-electron chi connectivity index (χ1n) is 7.56. The fourth-order valence-corrected chi connectivity index (χ4v) is 3.36. The summed E-state index contributed by atoms with van der Waals surface area (Å²) in [5, 5.41) is 18.9. The van der Waals surface area contributed by atoms with Gasteiger partial charge in [-0.3, -0.25) is 9.69 Å². The van der Waals surface area contributed by atoms with Crippen LogP contribution in [0.1, 0.15) is 33.9 Å². The molecule has 0 spiro atoms. The van der Waals surface area contributed by atoms with E-state index in [0.717, 1.165) is 23.6 Å². The zero-order chi connectivity index (χ0) is 16.4. The van der Waals surface area contributed by atoms with Crippen LogP contribution < -0.4 is 5.32 Å². The van der Waals surface area contributed by atoms with Crippen molar-refractivity contribution >= 4 is 17.2 Å². The number of nitrogens with zero attached hydrogens (tertiary/aromatic N) is 3. The number of hydrogen-bond acceptors (Lipinski definition) is 7. The van der Waals surface area contributed by atoms with Crippen LogP contribution in [-0.2, 0) is 6.54 Å². The molecule has 1 fully saturated rings. The van der Waals surface area contributed by atoms with Gasteiger partial charge in [0.15, 0.2) is 0 Å². The molecule has 1 aliphatic rings. The van der Waals surface area contributed by atoms with Gasteiger partial charge in [0.2, 0.25) is 0 Å². The van der Waals surface area contributed by atoms with E-state index in [2.05, 4.69) is 20.4 Å². The van der Waals surface area contributed by atoms with E-state index < -0.39 is 6.10 Å². The number of likely N-dealkylation sites (tertiary alicyclic amines) is 1. The molecule has 8 heteroatoms. The van der Waals surface area contributed by atoms with Crippen LogP contribution >= 0.6 is 11.3 Å². The monoisotopic (exact) mass is 336 g/mol. The summed E-state index contributed by atoms with van der Waals surface area (Å²) in [6, 6.07) is -0.245. The smallest absolute Gasteiger partial charge is 0.271 e. The normalized spacial score (nSPS) is 22.2. The first-order valence-corrected chi connectivity index (χ1v) is 8.50. The highest BCUT2D eigenvalue weighted by molar-refractivity contribution is 7.07. The van der Waals surface area contributed by atoms with Crippen molar-refractivity contribution in [3.63, 3.8) is 0 Å². The third-order valence-corrected chi connectivity index (χ3v) is 4.80. The molecule has 2 N–H and O–H groups in total. The van der Waals surface area contributed by atoms with Crippen LogP contribution in [0.3, 0.4) is 0 Å². The zero-order valence-corrected chi connectivity index (χ0v) is 14.0. The number of nitrogens with one attached hydrogen (secondary N) is 1. The van der Waals surface area contributed by atoms with Crippen molar-refractivity contribution in [3.05, 3.63) is 33.6 Å². The topological polar surface area (TPSA) is 91.5 Å². The second-order valence-electron chi connectivity index (χ2n) is 5.85. The van der Waals surface area contributed by atoms with E-state index in [1.807, 2.05) is 13.8 Å². The lowest BCUT2D eigenvalue weighted by atomic mass is 10.0. The van der Waals surface area contributed by atoms with Gasteiger partial charge in [-0.1, -0.05) is 5.16 Å². The van der Waals surface area contributed by atoms with Crippen LogP contribution in [0, 0.1) is 13.8 Å². The van der Waals surface area contributed by atoms with Crippen LogP contribution in [0.15, 0.2) is 15.4 Å². The number of aryl methyl sites for hydroxylation is 2. The predicted molar refractivity (Wildman–Crippen MR) is 85.2 cm³/mol. The largest absolute Gasteiger partial charge is 0.390 e. The van der Waals surface area contributed by atoms with Gasteiger partial charge in [-0.25, -0.2) is 4.98 Å². The maximum atomic E-state index is 12.0. The molecule has 3 heterocycles. The Morgan fingerprint density at radius 1 is 1.57 bits per heavy atom. The molecule has 2 atom stereocenters. The van der Waals surface area contributed by atoms with E-state index in [0.29, 0.717) is 25.2 Å². The minimum Gasteiger partial charge on any atom is -0.390 e. The summed E-state index contributed by atoms with van der Waals surface area (Å²) >= 11 is 1.38. The number of rotatable bonds is 4. The molecule has 0 aromatic carbocycles. The van der Waals surface area contributed by atoms with Gasteiger partial charge < -0.3 is 14.9 Å².